The quantitative estimate of drug-likeness (QED) is 0.760. The van der Waals surface area contributed by atoms with E-state index in [0.29, 0.717) is 13.2 Å². The maximum absolute atomic E-state index is 6.40. The maximum atomic E-state index is 6.40. The smallest absolute Gasteiger partial charge is 0.0642 e. The zero-order valence-electron chi connectivity index (χ0n) is 12.6. The third-order valence-corrected chi connectivity index (χ3v) is 3.36. The van der Waals surface area contributed by atoms with Crippen molar-refractivity contribution in [2.75, 3.05) is 45.4 Å². The van der Waals surface area contributed by atoms with Crippen molar-refractivity contribution in [3.8, 4) is 0 Å². The number of para-hydroxylation sites is 1. The summed E-state index contributed by atoms with van der Waals surface area (Å²) in [6.45, 7) is 4.84. The average Bonchev–Trinajstić information content (AvgIpc) is 2.40. The highest BCUT2D eigenvalue weighted by molar-refractivity contribution is 6.33. The van der Waals surface area contributed by atoms with Gasteiger partial charge < -0.3 is 20.1 Å². The van der Waals surface area contributed by atoms with E-state index in [-0.39, 0.29) is 6.04 Å². The lowest BCUT2D eigenvalue weighted by Crippen LogP contribution is -2.32. The van der Waals surface area contributed by atoms with Gasteiger partial charge in [0.05, 0.1) is 23.9 Å². The van der Waals surface area contributed by atoms with Crippen LogP contribution in [0.4, 0.5) is 5.69 Å². The Balaban J connectivity index is 3.02. The highest BCUT2D eigenvalue weighted by Gasteiger charge is 2.15. The normalized spacial score (nSPS) is 12.4. The molecule has 0 saturated carbocycles. The highest BCUT2D eigenvalue weighted by atomic mass is 35.5. The Morgan fingerprint density at radius 2 is 1.80 bits per heavy atom. The van der Waals surface area contributed by atoms with Gasteiger partial charge in [0, 0.05) is 33.4 Å². The first kappa shape index (κ1) is 17.2. The molecule has 1 unspecified atom stereocenters. The molecule has 0 spiro atoms. The summed E-state index contributed by atoms with van der Waals surface area (Å²) in [4.78, 5) is 2.20. The lowest BCUT2D eigenvalue weighted by molar-refractivity contribution is 0.190. The maximum Gasteiger partial charge on any atom is 0.0642 e. The van der Waals surface area contributed by atoms with Crippen LogP contribution in [0.25, 0.3) is 0 Å². The predicted molar refractivity (Wildman–Crippen MR) is 84.8 cm³/mol. The van der Waals surface area contributed by atoms with Crippen LogP contribution in [0.5, 0.6) is 0 Å². The Morgan fingerprint density at radius 1 is 1.20 bits per heavy atom. The minimum Gasteiger partial charge on any atom is -0.383 e. The summed E-state index contributed by atoms with van der Waals surface area (Å²) in [6, 6.07) is 6.05. The van der Waals surface area contributed by atoms with Crippen LogP contribution in [0.1, 0.15) is 12.5 Å². The van der Waals surface area contributed by atoms with Crippen molar-refractivity contribution in [2.45, 2.75) is 19.4 Å². The third-order valence-electron chi connectivity index (χ3n) is 3.06. The fraction of sp³-hybridized carbons (Fsp3) is 0.600. The van der Waals surface area contributed by atoms with Gasteiger partial charge in [-0.15, -0.1) is 0 Å². The van der Waals surface area contributed by atoms with Crippen molar-refractivity contribution in [3.63, 3.8) is 0 Å². The number of benzene rings is 1. The van der Waals surface area contributed by atoms with Gasteiger partial charge in [-0.05, 0) is 25.0 Å². The van der Waals surface area contributed by atoms with E-state index >= 15 is 0 Å². The van der Waals surface area contributed by atoms with Crippen molar-refractivity contribution in [2.24, 2.45) is 5.73 Å². The average molecular weight is 301 g/mol. The second-order valence-corrected chi connectivity index (χ2v) is 5.31. The molecule has 114 valence electrons. The van der Waals surface area contributed by atoms with Gasteiger partial charge in [-0.3, -0.25) is 0 Å². The summed E-state index contributed by atoms with van der Waals surface area (Å²) in [7, 11) is 3.40. The Bertz CT molecular complexity index is 391. The topological polar surface area (TPSA) is 47.7 Å². The molecule has 0 aromatic heterocycles. The monoisotopic (exact) mass is 300 g/mol. The molecule has 5 heteroatoms. The van der Waals surface area contributed by atoms with Crippen LogP contribution in [0.3, 0.4) is 0 Å². The van der Waals surface area contributed by atoms with Gasteiger partial charge in [-0.1, -0.05) is 23.7 Å². The van der Waals surface area contributed by atoms with Crippen molar-refractivity contribution in [1.29, 1.82) is 0 Å². The SMILES string of the molecule is COCCN(CCOC)c1c(Cl)cccc1CC(C)N. The minimum atomic E-state index is 0.0962. The standard InChI is InChI=1S/C15H25ClN2O2/c1-12(17)11-13-5-4-6-14(16)15(13)18(7-9-19-2)8-10-20-3/h4-6,12H,7-11,17H2,1-3H3. The Morgan fingerprint density at radius 3 is 2.30 bits per heavy atom. The molecule has 0 fully saturated rings. The molecule has 1 atom stereocenters. The zero-order chi connectivity index (χ0) is 15.0. The number of nitrogens with zero attached hydrogens (tertiary/aromatic N) is 1. The second kappa shape index (κ2) is 9.19. The molecule has 1 rings (SSSR count). The largest absolute Gasteiger partial charge is 0.383 e. The van der Waals surface area contributed by atoms with E-state index in [2.05, 4.69) is 11.0 Å². The fourth-order valence-corrected chi connectivity index (χ4v) is 2.48. The zero-order valence-corrected chi connectivity index (χ0v) is 13.3. The molecule has 2 N–H and O–H groups in total. The summed E-state index contributed by atoms with van der Waals surface area (Å²) in [5.41, 5.74) is 8.14. The van der Waals surface area contributed by atoms with Crippen molar-refractivity contribution in [1.82, 2.24) is 0 Å². The lowest BCUT2D eigenvalue weighted by Gasteiger charge is -2.28. The predicted octanol–water partition coefficient (Wildman–Crippen LogP) is 2.33. The van der Waals surface area contributed by atoms with Gasteiger partial charge in [0.2, 0.25) is 0 Å². The first-order chi connectivity index (χ1) is 9.60. The number of hydrogen-bond donors (Lipinski definition) is 1. The van der Waals surface area contributed by atoms with E-state index in [9.17, 15) is 0 Å². The molecule has 0 aliphatic carbocycles. The minimum absolute atomic E-state index is 0.0962. The van der Waals surface area contributed by atoms with Gasteiger partial charge in [-0.25, -0.2) is 0 Å². The van der Waals surface area contributed by atoms with Crippen LogP contribution in [-0.2, 0) is 15.9 Å². The van der Waals surface area contributed by atoms with Gasteiger partial charge in [0.1, 0.15) is 0 Å². The highest BCUT2D eigenvalue weighted by Crippen LogP contribution is 2.30. The number of rotatable bonds is 9. The van der Waals surface area contributed by atoms with Gasteiger partial charge >= 0.3 is 0 Å². The van der Waals surface area contributed by atoms with Crippen LogP contribution in [-0.4, -0.2) is 46.6 Å². The van der Waals surface area contributed by atoms with Crippen molar-refractivity contribution < 1.29 is 9.47 Å². The molecular weight excluding hydrogens is 276 g/mol. The van der Waals surface area contributed by atoms with Gasteiger partial charge in [0.15, 0.2) is 0 Å². The third kappa shape index (κ3) is 5.29. The number of halogens is 1. The number of hydrogen-bond acceptors (Lipinski definition) is 4. The Hall–Kier alpha value is -0.810. The van der Waals surface area contributed by atoms with E-state index in [0.717, 1.165) is 30.2 Å². The summed E-state index contributed by atoms with van der Waals surface area (Å²) in [6.07, 6.45) is 0.798. The number of anilines is 1. The van der Waals surface area contributed by atoms with Crippen LogP contribution < -0.4 is 10.6 Å². The molecule has 1 aromatic rings. The summed E-state index contributed by atoms with van der Waals surface area (Å²) >= 11 is 6.40. The Labute approximate surface area is 126 Å². The number of ether oxygens (including phenoxy) is 2. The van der Waals surface area contributed by atoms with E-state index < -0.39 is 0 Å². The van der Waals surface area contributed by atoms with Gasteiger partial charge in [0.25, 0.3) is 0 Å². The first-order valence-corrected chi connectivity index (χ1v) is 7.23. The molecule has 0 amide bonds. The van der Waals surface area contributed by atoms with E-state index in [1.54, 1.807) is 14.2 Å². The van der Waals surface area contributed by atoms with Crippen LogP contribution >= 0.6 is 11.6 Å². The lowest BCUT2D eigenvalue weighted by atomic mass is 10.0. The van der Waals surface area contributed by atoms with Crippen molar-refractivity contribution in [3.05, 3.63) is 28.8 Å². The van der Waals surface area contributed by atoms with Gasteiger partial charge in [-0.2, -0.15) is 0 Å². The molecule has 0 aliphatic rings. The number of methoxy groups -OCH3 is 2. The molecule has 20 heavy (non-hydrogen) atoms. The second-order valence-electron chi connectivity index (χ2n) is 4.90. The fourth-order valence-electron chi connectivity index (χ4n) is 2.16. The molecule has 0 radical (unpaired) electrons. The van der Waals surface area contributed by atoms with Crippen LogP contribution in [0.2, 0.25) is 5.02 Å². The molecule has 4 nitrogen and oxygen atoms in total. The summed E-state index contributed by atoms with van der Waals surface area (Å²) < 4.78 is 10.4. The molecule has 0 saturated heterocycles. The first-order valence-electron chi connectivity index (χ1n) is 6.86. The van der Waals surface area contributed by atoms with Crippen molar-refractivity contribution >= 4 is 17.3 Å². The Kier molecular flexibility index (Phi) is 7.92. The summed E-state index contributed by atoms with van der Waals surface area (Å²) in [5, 5.41) is 0.746. The van der Waals surface area contributed by atoms with Crippen LogP contribution in [0.15, 0.2) is 18.2 Å². The molecular formula is C15H25ClN2O2. The van der Waals surface area contributed by atoms with E-state index in [1.807, 2.05) is 19.1 Å². The summed E-state index contributed by atoms with van der Waals surface area (Å²) in [5.74, 6) is 0. The molecule has 1 aromatic carbocycles. The van der Waals surface area contributed by atoms with E-state index in [4.69, 9.17) is 26.8 Å². The molecule has 0 aliphatic heterocycles. The van der Waals surface area contributed by atoms with Crippen LogP contribution in [0, 0.1) is 0 Å². The number of nitrogens with two attached hydrogens (primary N) is 1. The molecule has 0 bridgehead atoms. The van der Waals surface area contributed by atoms with E-state index in [1.165, 1.54) is 5.56 Å². The molecule has 0 heterocycles.